The van der Waals surface area contributed by atoms with Crippen LogP contribution in [0, 0.1) is 15.5 Å². The van der Waals surface area contributed by atoms with Crippen molar-refractivity contribution in [1.29, 1.82) is 0 Å². The van der Waals surface area contributed by atoms with Crippen LogP contribution in [0.25, 0.3) is 0 Å². The van der Waals surface area contributed by atoms with E-state index in [4.69, 9.17) is 0 Å². The van der Waals surface area contributed by atoms with Crippen molar-refractivity contribution >= 4 is 11.6 Å². The summed E-state index contributed by atoms with van der Waals surface area (Å²) < 4.78 is 0. The van der Waals surface area contributed by atoms with Gasteiger partial charge in [-0.3, -0.25) is 14.9 Å². The number of nitro benzene ring substituents is 1. The number of nitrogens with zero attached hydrogens (tertiary/aromatic N) is 1. The van der Waals surface area contributed by atoms with Crippen LogP contribution in [0.2, 0.25) is 0 Å². The van der Waals surface area contributed by atoms with E-state index in [0.717, 1.165) is 18.5 Å². The third-order valence-electron chi connectivity index (χ3n) is 3.52. The number of nitrogens with one attached hydrogen (secondary N) is 2. The van der Waals surface area contributed by atoms with Crippen molar-refractivity contribution in [3.63, 3.8) is 0 Å². The Hall–Kier alpha value is -1.95. The molecule has 1 aromatic carbocycles. The summed E-state index contributed by atoms with van der Waals surface area (Å²) >= 11 is 0. The second-order valence-electron chi connectivity index (χ2n) is 5.09. The van der Waals surface area contributed by atoms with E-state index in [1.54, 1.807) is 12.1 Å². The highest BCUT2D eigenvalue weighted by molar-refractivity contribution is 5.82. The minimum absolute atomic E-state index is 0.0239. The predicted molar refractivity (Wildman–Crippen MR) is 70.5 cm³/mol. The summed E-state index contributed by atoms with van der Waals surface area (Å²) in [7, 11) is 0. The summed E-state index contributed by atoms with van der Waals surface area (Å²) in [6.07, 6.45) is 0.832. The summed E-state index contributed by atoms with van der Waals surface area (Å²) in [6.45, 7) is 3.89. The number of carbonyl (C=O) groups is 1. The van der Waals surface area contributed by atoms with Crippen LogP contribution in [-0.4, -0.2) is 23.9 Å². The monoisotopic (exact) mass is 263 g/mol. The normalized spacial score (nSPS) is 22.2. The first-order valence-corrected chi connectivity index (χ1v) is 6.24. The van der Waals surface area contributed by atoms with E-state index >= 15 is 0 Å². The van der Waals surface area contributed by atoms with E-state index in [-0.39, 0.29) is 17.0 Å². The Labute approximate surface area is 111 Å². The summed E-state index contributed by atoms with van der Waals surface area (Å²) in [5, 5.41) is 16.6. The molecule has 1 aliphatic heterocycles. The molecule has 0 radical (unpaired) electrons. The van der Waals surface area contributed by atoms with Gasteiger partial charge >= 0.3 is 0 Å². The van der Waals surface area contributed by atoms with E-state index in [2.05, 4.69) is 10.6 Å². The molecule has 1 atom stereocenters. The van der Waals surface area contributed by atoms with Crippen LogP contribution in [0.1, 0.15) is 18.9 Å². The van der Waals surface area contributed by atoms with E-state index in [0.29, 0.717) is 13.1 Å². The van der Waals surface area contributed by atoms with Gasteiger partial charge < -0.3 is 10.6 Å². The molecule has 19 heavy (non-hydrogen) atoms. The van der Waals surface area contributed by atoms with Crippen LogP contribution < -0.4 is 10.6 Å². The molecule has 102 valence electrons. The zero-order valence-corrected chi connectivity index (χ0v) is 10.8. The van der Waals surface area contributed by atoms with Crippen molar-refractivity contribution in [2.24, 2.45) is 5.41 Å². The number of hydrogen-bond donors (Lipinski definition) is 2. The van der Waals surface area contributed by atoms with Crippen LogP contribution in [-0.2, 0) is 11.3 Å². The maximum Gasteiger partial charge on any atom is 0.269 e. The second-order valence-corrected chi connectivity index (χ2v) is 5.09. The Morgan fingerprint density at radius 2 is 2.16 bits per heavy atom. The van der Waals surface area contributed by atoms with Gasteiger partial charge in [0.05, 0.1) is 10.3 Å². The highest BCUT2D eigenvalue weighted by atomic mass is 16.6. The molecule has 0 saturated carbocycles. The number of non-ortho nitro benzene ring substituents is 1. The average molecular weight is 263 g/mol. The van der Waals surface area contributed by atoms with Gasteiger partial charge in [-0.2, -0.15) is 0 Å². The fraction of sp³-hybridized carbons (Fsp3) is 0.462. The molecule has 2 N–H and O–H groups in total. The topological polar surface area (TPSA) is 84.3 Å². The number of nitro groups is 1. The Morgan fingerprint density at radius 1 is 1.47 bits per heavy atom. The molecule has 6 heteroatoms. The molecular formula is C13H17N3O3. The fourth-order valence-corrected chi connectivity index (χ4v) is 2.14. The fourth-order valence-electron chi connectivity index (χ4n) is 2.14. The molecule has 1 amide bonds. The summed E-state index contributed by atoms with van der Waals surface area (Å²) in [5.74, 6) is 0.0239. The number of benzene rings is 1. The van der Waals surface area contributed by atoms with Gasteiger partial charge in [-0.05, 0) is 25.5 Å². The van der Waals surface area contributed by atoms with Crippen molar-refractivity contribution in [1.82, 2.24) is 10.6 Å². The first-order valence-electron chi connectivity index (χ1n) is 6.24. The summed E-state index contributed by atoms with van der Waals surface area (Å²) in [5.41, 5.74) is 0.566. The molecule has 0 bridgehead atoms. The maximum absolute atomic E-state index is 12.1. The SMILES string of the molecule is CC1(C(=O)NCc2ccc([N+](=O)[O-])cc2)CCNC1. The summed E-state index contributed by atoms with van der Waals surface area (Å²) in [4.78, 5) is 22.1. The predicted octanol–water partition coefficient (Wildman–Crippen LogP) is 1.21. The molecule has 1 unspecified atom stereocenters. The van der Waals surface area contributed by atoms with E-state index in [9.17, 15) is 14.9 Å². The second kappa shape index (κ2) is 5.36. The first-order chi connectivity index (χ1) is 9.01. The molecule has 1 fully saturated rings. The van der Waals surface area contributed by atoms with Gasteiger partial charge in [0.25, 0.3) is 5.69 Å². The maximum atomic E-state index is 12.1. The minimum Gasteiger partial charge on any atom is -0.352 e. The third kappa shape index (κ3) is 3.08. The van der Waals surface area contributed by atoms with Gasteiger partial charge in [0.1, 0.15) is 0 Å². The lowest BCUT2D eigenvalue weighted by molar-refractivity contribution is -0.384. The van der Waals surface area contributed by atoms with Gasteiger partial charge in [0.15, 0.2) is 0 Å². The highest BCUT2D eigenvalue weighted by Gasteiger charge is 2.35. The van der Waals surface area contributed by atoms with Gasteiger partial charge in [-0.15, -0.1) is 0 Å². The van der Waals surface area contributed by atoms with E-state index in [1.807, 2.05) is 6.92 Å². The van der Waals surface area contributed by atoms with Crippen molar-refractivity contribution in [3.8, 4) is 0 Å². The molecule has 1 aliphatic rings. The van der Waals surface area contributed by atoms with Crippen molar-refractivity contribution in [3.05, 3.63) is 39.9 Å². The Morgan fingerprint density at radius 3 is 2.68 bits per heavy atom. The molecule has 0 aliphatic carbocycles. The Bertz CT molecular complexity index is 478. The molecule has 6 nitrogen and oxygen atoms in total. The molecule has 0 spiro atoms. The lowest BCUT2D eigenvalue weighted by atomic mass is 9.89. The van der Waals surface area contributed by atoms with Gasteiger partial charge in [-0.25, -0.2) is 0 Å². The van der Waals surface area contributed by atoms with Crippen molar-refractivity contribution in [2.45, 2.75) is 19.9 Å². The van der Waals surface area contributed by atoms with Crippen molar-refractivity contribution < 1.29 is 9.72 Å². The third-order valence-corrected chi connectivity index (χ3v) is 3.52. The molecule has 0 aromatic heterocycles. The molecular weight excluding hydrogens is 246 g/mol. The van der Waals surface area contributed by atoms with Crippen molar-refractivity contribution in [2.75, 3.05) is 13.1 Å². The molecule has 1 saturated heterocycles. The standard InChI is InChI=1S/C13H17N3O3/c1-13(6-7-14-9-13)12(17)15-8-10-2-4-11(5-3-10)16(18)19/h2-5,14H,6-9H2,1H3,(H,15,17). The largest absolute Gasteiger partial charge is 0.352 e. The molecule has 1 aromatic rings. The minimum atomic E-state index is -0.437. The number of hydrogen-bond acceptors (Lipinski definition) is 4. The van der Waals surface area contributed by atoms with Crippen LogP contribution in [0.3, 0.4) is 0 Å². The quantitative estimate of drug-likeness (QED) is 0.631. The van der Waals surface area contributed by atoms with Gasteiger partial charge in [0, 0.05) is 25.2 Å². The van der Waals surface area contributed by atoms with Crippen LogP contribution >= 0.6 is 0 Å². The average Bonchev–Trinajstić information content (AvgIpc) is 2.84. The lowest BCUT2D eigenvalue weighted by Crippen LogP contribution is -2.39. The zero-order valence-electron chi connectivity index (χ0n) is 10.8. The van der Waals surface area contributed by atoms with Gasteiger partial charge in [0.2, 0.25) is 5.91 Å². The zero-order chi connectivity index (χ0) is 13.9. The Kier molecular flexibility index (Phi) is 3.80. The first kappa shape index (κ1) is 13.5. The van der Waals surface area contributed by atoms with Gasteiger partial charge in [-0.1, -0.05) is 12.1 Å². The number of carbonyl (C=O) groups excluding carboxylic acids is 1. The highest BCUT2D eigenvalue weighted by Crippen LogP contribution is 2.24. The van der Waals surface area contributed by atoms with Crippen LogP contribution in [0.4, 0.5) is 5.69 Å². The smallest absolute Gasteiger partial charge is 0.269 e. The molecule has 1 heterocycles. The Balaban J connectivity index is 1.91. The van der Waals surface area contributed by atoms with E-state index < -0.39 is 4.92 Å². The molecule has 2 rings (SSSR count). The summed E-state index contributed by atoms with van der Waals surface area (Å²) in [6, 6.07) is 6.21. The lowest BCUT2D eigenvalue weighted by Gasteiger charge is -2.21. The van der Waals surface area contributed by atoms with Crippen LogP contribution in [0.5, 0.6) is 0 Å². The number of rotatable bonds is 4. The van der Waals surface area contributed by atoms with E-state index in [1.165, 1.54) is 12.1 Å². The number of amides is 1. The van der Waals surface area contributed by atoms with Crippen LogP contribution in [0.15, 0.2) is 24.3 Å².